The number of benzene rings is 1. The summed E-state index contributed by atoms with van der Waals surface area (Å²) in [6, 6.07) is 6.88. The predicted octanol–water partition coefficient (Wildman–Crippen LogP) is 1.74. The van der Waals surface area contributed by atoms with Crippen LogP contribution in [0, 0.1) is 17.2 Å². The molecule has 4 atom stereocenters. The number of ether oxygens (including phenoxy) is 2. The lowest BCUT2D eigenvalue weighted by Gasteiger charge is -2.47. The van der Waals surface area contributed by atoms with Crippen molar-refractivity contribution < 1.29 is 19.1 Å². The van der Waals surface area contributed by atoms with Gasteiger partial charge in [-0.25, -0.2) is 0 Å². The zero-order valence-corrected chi connectivity index (χ0v) is 16.0. The van der Waals surface area contributed by atoms with Gasteiger partial charge in [-0.1, -0.05) is 12.1 Å². The first-order chi connectivity index (χ1) is 12.9. The number of hydrogen-bond donors (Lipinski definition) is 2. The summed E-state index contributed by atoms with van der Waals surface area (Å²) in [6.45, 7) is 3.93. The molecule has 140 valence electrons. The molecule has 3 aliphatic heterocycles. The molecule has 1 unspecified atom stereocenters. The minimum Gasteiger partial charge on any atom is -0.454 e. The number of rotatable bonds is 3. The van der Waals surface area contributed by atoms with E-state index in [0.717, 1.165) is 0 Å². The van der Waals surface area contributed by atoms with Crippen LogP contribution in [0.1, 0.15) is 18.0 Å². The molecular formula is C18H17N3O4S2. The molecule has 7 nitrogen and oxygen atoms in total. The topological polar surface area (TPSA) is 82.9 Å². The third-order valence-corrected chi connectivity index (χ3v) is 6.24. The third kappa shape index (κ3) is 2.51. The van der Waals surface area contributed by atoms with E-state index >= 15 is 0 Å². The lowest BCUT2D eigenvalue weighted by molar-refractivity contribution is -0.158. The molecule has 9 heteroatoms. The molecule has 3 heterocycles. The maximum absolute atomic E-state index is 13.1. The first-order valence-corrected chi connectivity index (χ1v) is 9.33. The van der Waals surface area contributed by atoms with Gasteiger partial charge in [0.1, 0.15) is 0 Å². The summed E-state index contributed by atoms with van der Waals surface area (Å²) < 4.78 is 10.7. The Kier molecular flexibility index (Phi) is 4.28. The molecule has 2 saturated heterocycles. The second kappa shape index (κ2) is 6.39. The molecular weight excluding hydrogens is 386 g/mol. The molecule has 0 spiro atoms. The van der Waals surface area contributed by atoms with Gasteiger partial charge in [0.15, 0.2) is 21.7 Å². The minimum atomic E-state index is -1.40. The molecule has 27 heavy (non-hydrogen) atoms. The first kappa shape index (κ1) is 18.1. The van der Waals surface area contributed by atoms with E-state index in [0.29, 0.717) is 17.1 Å². The Bertz CT molecular complexity index is 886. The Hall–Kier alpha value is -2.31. The molecule has 4 rings (SSSR count). The minimum absolute atomic E-state index is 0.123. The zero-order chi connectivity index (χ0) is 19.3. The zero-order valence-electron chi connectivity index (χ0n) is 14.2. The highest BCUT2D eigenvalue weighted by atomic mass is 32.1. The van der Waals surface area contributed by atoms with Gasteiger partial charge in [0.05, 0.1) is 18.0 Å². The normalized spacial score (nSPS) is 31.7. The van der Waals surface area contributed by atoms with Crippen molar-refractivity contribution in [1.29, 1.82) is 5.26 Å². The van der Waals surface area contributed by atoms with Gasteiger partial charge in [-0.3, -0.25) is 9.59 Å². The van der Waals surface area contributed by atoms with Gasteiger partial charge in [-0.15, -0.1) is 31.8 Å². The Morgan fingerprint density at radius 3 is 2.81 bits per heavy atom. The van der Waals surface area contributed by atoms with Crippen LogP contribution in [0.2, 0.25) is 0 Å². The Morgan fingerprint density at radius 1 is 1.37 bits per heavy atom. The summed E-state index contributed by atoms with van der Waals surface area (Å²) in [5.41, 5.74) is 0.695. The number of piperazine rings is 1. The second-order valence-corrected chi connectivity index (χ2v) is 7.87. The molecule has 2 fully saturated rings. The van der Waals surface area contributed by atoms with Crippen LogP contribution in [-0.4, -0.2) is 45.2 Å². The van der Waals surface area contributed by atoms with E-state index in [1.165, 1.54) is 15.9 Å². The number of amides is 2. The van der Waals surface area contributed by atoms with Crippen LogP contribution in [0.4, 0.5) is 0 Å². The van der Waals surface area contributed by atoms with Crippen LogP contribution in [-0.2, 0) is 9.59 Å². The smallest absolute Gasteiger partial charge is 0.260 e. The van der Waals surface area contributed by atoms with Crippen LogP contribution in [0.3, 0.4) is 0 Å². The molecule has 3 aliphatic rings. The van der Waals surface area contributed by atoms with Crippen LogP contribution in [0.5, 0.6) is 11.5 Å². The molecule has 0 N–H and O–H groups in total. The van der Waals surface area contributed by atoms with Gasteiger partial charge < -0.3 is 19.3 Å². The molecule has 1 aromatic carbocycles. The van der Waals surface area contributed by atoms with Crippen molar-refractivity contribution in [1.82, 2.24) is 9.80 Å². The molecule has 0 saturated carbocycles. The summed E-state index contributed by atoms with van der Waals surface area (Å²) in [4.78, 5) is 27.6. The highest BCUT2D eigenvalue weighted by Gasteiger charge is 2.62. The number of carbonyl (C=O) groups is 2. The number of nitrogens with zero attached hydrogens (tertiary/aromatic N) is 3. The van der Waals surface area contributed by atoms with Crippen LogP contribution in [0.25, 0.3) is 0 Å². The lowest BCUT2D eigenvalue weighted by atomic mass is 9.94. The van der Waals surface area contributed by atoms with E-state index in [-0.39, 0.29) is 31.6 Å². The number of hydrogen-bond acceptors (Lipinski definition) is 7. The molecule has 1 aromatic rings. The molecule has 0 bridgehead atoms. The van der Waals surface area contributed by atoms with Gasteiger partial charge in [0.2, 0.25) is 6.79 Å². The van der Waals surface area contributed by atoms with Crippen molar-refractivity contribution in [2.45, 2.75) is 22.7 Å². The molecule has 0 aliphatic carbocycles. The maximum atomic E-state index is 13.1. The standard InChI is InChI=1S/C18H17N3O4S2/c1-2-5-20-16(26)15(22)21-14(11(8-19)7-18(21,27)17(20)23)10-3-4-12-13(6-10)25-9-24-12/h2-4,6,11,14,16,26-27H,1,5,7,9H2/t11?,14-,16-,18-/m0/s1. The average Bonchev–Trinajstić information content (AvgIpc) is 3.25. The van der Waals surface area contributed by atoms with Crippen molar-refractivity contribution in [2.75, 3.05) is 13.3 Å². The van der Waals surface area contributed by atoms with Crippen LogP contribution < -0.4 is 9.47 Å². The fraction of sp³-hybridized carbons (Fsp3) is 0.389. The summed E-state index contributed by atoms with van der Waals surface area (Å²) in [6.07, 6.45) is 1.66. The van der Waals surface area contributed by atoms with Crippen LogP contribution in [0.15, 0.2) is 30.9 Å². The largest absolute Gasteiger partial charge is 0.454 e. The molecule has 2 amide bonds. The van der Waals surface area contributed by atoms with E-state index in [1.807, 2.05) is 0 Å². The average molecular weight is 403 g/mol. The van der Waals surface area contributed by atoms with E-state index < -0.39 is 22.2 Å². The summed E-state index contributed by atoms with van der Waals surface area (Å²) in [7, 11) is 0. The van der Waals surface area contributed by atoms with Crippen molar-refractivity contribution in [3.63, 3.8) is 0 Å². The van der Waals surface area contributed by atoms with Crippen molar-refractivity contribution in [3.8, 4) is 17.6 Å². The lowest BCUT2D eigenvalue weighted by Crippen LogP contribution is -2.66. The Balaban J connectivity index is 1.80. The highest BCUT2D eigenvalue weighted by Crippen LogP contribution is 2.53. The summed E-state index contributed by atoms with van der Waals surface area (Å²) >= 11 is 8.94. The van der Waals surface area contributed by atoms with E-state index in [1.54, 1.807) is 18.2 Å². The SMILES string of the molecule is C=CCN1C(=O)[C@@]2(S)CC(C#N)[C@H](c3ccc4c(c3)OCO4)N2C(=O)[C@@H]1S. The third-order valence-electron chi connectivity index (χ3n) is 5.15. The van der Waals surface area contributed by atoms with Crippen molar-refractivity contribution >= 4 is 37.1 Å². The fourth-order valence-electron chi connectivity index (χ4n) is 3.95. The number of fused-ring (bicyclic) bond motifs is 2. The Morgan fingerprint density at radius 2 is 2.11 bits per heavy atom. The monoisotopic (exact) mass is 403 g/mol. The number of carbonyl (C=O) groups excluding carboxylic acids is 2. The molecule has 0 aromatic heterocycles. The highest BCUT2D eigenvalue weighted by molar-refractivity contribution is 7.83. The van der Waals surface area contributed by atoms with Gasteiger partial charge >= 0.3 is 0 Å². The van der Waals surface area contributed by atoms with E-state index in [9.17, 15) is 14.9 Å². The van der Waals surface area contributed by atoms with Gasteiger partial charge in [-0.05, 0) is 17.7 Å². The van der Waals surface area contributed by atoms with Gasteiger partial charge in [-0.2, -0.15) is 5.26 Å². The van der Waals surface area contributed by atoms with Crippen molar-refractivity contribution in [3.05, 3.63) is 36.4 Å². The maximum Gasteiger partial charge on any atom is 0.260 e. The Labute approximate surface area is 167 Å². The number of thiol groups is 2. The van der Waals surface area contributed by atoms with Gasteiger partial charge in [0, 0.05) is 13.0 Å². The van der Waals surface area contributed by atoms with Gasteiger partial charge in [0.25, 0.3) is 11.8 Å². The quantitative estimate of drug-likeness (QED) is 0.593. The summed E-state index contributed by atoms with van der Waals surface area (Å²) in [5, 5.41) is 8.77. The van der Waals surface area contributed by atoms with Crippen molar-refractivity contribution in [2.24, 2.45) is 5.92 Å². The summed E-state index contributed by atoms with van der Waals surface area (Å²) in [5.74, 6) is -0.163. The predicted molar refractivity (Wildman–Crippen MR) is 102 cm³/mol. The number of nitriles is 1. The molecule has 0 radical (unpaired) electrons. The van der Waals surface area contributed by atoms with E-state index in [2.05, 4.69) is 37.9 Å². The van der Waals surface area contributed by atoms with E-state index in [4.69, 9.17) is 9.47 Å². The second-order valence-electron chi connectivity index (χ2n) is 6.64. The fourth-order valence-corrected chi connectivity index (χ4v) is 4.82. The van der Waals surface area contributed by atoms with Crippen LogP contribution >= 0.6 is 25.3 Å². The first-order valence-electron chi connectivity index (χ1n) is 8.37.